The molecule has 0 heterocycles. The molecule has 0 aromatic heterocycles. The van der Waals surface area contributed by atoms with Crippen molar-refractivity contribution in [3.8, 4) is 0 Å². The summed E-state index contributed by atoms with van der Waals surface area (Å²) in [6, 6.07) is 0. The standard InChI is InChI=1S/C74H122O6/c1-4-7-10-13-16-19-22-24-26-28-30-31-32-33-34-35-36-37-38-39-40-41-42-43-45-46-48-50-52-55-58-61-64-67-73(76)79-70-71(69-78-72(75)66-63-60-57-54-21-18-15-12-9-6-3)80-74(77)68-65-62-59-56-53-51-49-47-44-29-27-25-23-20-17-14-11-8-5-2/h7-8,10-11,16-17,19-20,24-27,30-31,33-34,36-37,44,47,51,53,71H,4-6,9,12-15,18,21-23,28-29,32,35,38-43,45-46,48-50,52,54-70H2,1-3H3/b10-7-,11-8-,19-16-,20-17-,26-24-,27-25-,31-30-,34-33-,37-36-,47-44-,53-51-. The van der Waals surface area contributed by atoms with Gasteiger partial charge >= 0.3 is 17.9 Å². The maximum absolute atomic E-state index is 12.9. The molecule has 0 N–H and O–H groups in total. The summed E-state index contributed by atoms with van der Waals surface area (Å²) >= 11 is 0. The summed E-state index contributed by atoms with van der Waals surface area (Å²) in [4.78, 5) is 38.2. The predicted octanol–water partition coefficient (Wildman–Crippen LogP) is 22.9. The second kappa shape index (κ2) is 67.1. The van der Waals surface area contributed by atoms with Crippen LogP contribution < -0.4 is 0 Å². The summed E-state index contributed by atoms with van der Waals surface area (Å²) in [5.74, 6) is -0.921. The van der Waals surface area contributed by atoms with Gasteiger partial charge in [0.15, 0.2) is 6.10 Å². The van der Waals surface area contributed by atoms with Crippen molar-refractivity contribution in [3.63, 3.8) is 0 Å². The molecular weight excluding hydrogens is 985 g/mol. The van der Waals surface area contributed by atoms with Crippen LogP contribution in [0.1, 0.15) is 297 Å². The van der Waals surface area contributed by atoms with Crippen molar-refractivity contribution in [2.75, 3.05) is 13.2 Å². The highest BCUT2D eigenvalue weighted by Crippen LogP contribution is 2.16. The third kappa shape index (κ3) is 64.4. The number of allylic oxidation sites excluding steroid dienone is 22. The maximum Gasteiger partial charge on any atom is 0.306 e. The smallest absolute Gasteiger partial charge is 0.306 e. The number of esters is 3. The van der Waals surface area contributed by atoms with E-state index in [-0.39, 0.29) is 37.5 Å². The molecule has 0 rings (SSSR count). The minimum absolute atomic E-state index is 0.0913. The monoisotopic (exact) mass is 1110 g/mol. The molecule has 0 aromatic rings. The van der Waals surface area contributed by atoms with E-state index in [9.17, 15) is 14.4 Å². The molecule has 0 saturated heterocycles. The quantitative estimate of drug-likeness (QED) is 0.0261. The van der Waals surface area contributed by atoms with Crippen LogP contribution in [0.25, 0.3) is 0 Å². The first-order valence-corrected chi connectivity index (χ1v) is 33.2. The molecule has 1 atom stereocenters. The Morgan fingerprint density at radius 3 is 0.775 bits per heavy atom. The zero-order valence-corrected chi connectivity index (χ0v) is 52.0. The Kier molecular flexibility index (Phi) is 63.3. The first-order chi connectivity index (χ1) is 39.5. The van der Waals surface area contributed by atoms with Gasteiger partial charge in [-0.05, 0) is 116 Å². The largest absolute Gasteiger partial charge is 0.462 e. The van der Waals surface area contributed by atoms with E-state index in [0.29, 0.717) is 12.8 Å². The van der Waals surface area contributed by atoms with E-state index in [1.54, 1.807) is 0 Å². The lowest BCUT2D eigenvalue weighted by atomic mass is 10.0. The zero-order chi connectivity index (χ0) is 57.8. The van der Waals surface area contributed by atoms with E-state index >= 15 is 0 Å². The van der Waals surface area contributed by atoms with Crippen molar-refractivity contribution in [1.82, 2.24) is 0 Å². The first kappa shape index (κ1) is 75.5. The minimum Gasteiger partial charge on any atom is -0.462 e. The Bertz CT molecular complexity index is 1700. The van der Waals surface area contributed by atoms with Gasteiger partial charge in [0, 0.05) is 19.3 Å². The maximum atomic E-state index is 12.9. The number of hydrogen-bond donors (Lipinski definition) is 0. The van der Waals surface area contributed by atoms with E-state index in [0.717, 1.165) is 135 Å². The van der Waals surface area contributed by atoms with Crippen molar-refractivity contribution in [1.29, 1.82) is 0 Å². The average Bonchev–Trinajstić information content (AvgIpc) is 3.46. The topological polar surface area (TPSA) is 78.9 Å². The number of rotatable bonds is 59. The number of hydrogen-bond acceptors (Lipinski definition) is 6. The molecule has 0 saturated carbocycles. The van der Waals surface area contributed by atoms with E-state index in [1.165, 1.54) is 122 Å². The van der Waals surface area contributed by atoms with Crippen LogP contribution in [0.5, 0.6) is 0 Å². The second-order valence-electron chi connectivity index (χ2n) is 21.6. The van der Waals surface area contributed by atoms with Crippen molar-refractivity contribution < 1.29 is 28.6 Å². The summed E-state index contributed by atoms with van der Waals surface area (Å²) < 4.78 is 16.9. The highest BCUT2D eigenvalue weighted by molar-refractivity contribution is 5.71. The van der Waals surface area contributed by atoms with Crippen molar-refractivity contribution in [3.05, 3.63) is 134 Å². The van der Waals surface area contributed by atoms with Crippen molar-refractivity contribution >= 4 is 17.9 Å². The molecule has 454 valence electrons. The van der Waals surface area contributed by atoms with Crippen LogP contribution in [-0.4, -0.2) is 37.2 Å². The Labute approximate surface area is 494 Å². The summed E-state index contributed by atoms with van der Waals surface area (Å²) in [5.41, 5.74) is 0. The molecular formula is C74H122O6. The van der Waals surface area contributed by atoms with Gasteiger partial charge in [0.05, 0.1) is 0 Å². The van der Waals surface area contributed by atoms with E-state index < -0.39 is 6.10 Å². The van der Waals surface area contributed by atoms with Crippen LogP contribution in [0.15, 0.2) is 134 Å². The zero-order valence-electron chi connectivity index (χ0n) is 52.0. The van der Waals surface area contributed by atoms with Crippen LogP contribution in [0.4, 0.5) is 0 Å². The Balaban J connectivity index is 4.21. The van der Waals surface area contributed by atoms with Gasteiger partial charge in [-0.1, -0.05) is 296 Å². The third-order valence-electron chi connectivity index (χ3n) is 13.9. The minimum atomic E-state index is -0.797. The fourth-order valence-electron chi connectivity index (χ4n) is 9.00. The third-order valence-corrected chi connectivity index (χ3v) is 13.9. The fraction of sp³-hybridized carbons (Fsp3) is 0.662. The van der Waals surface area contributed by atoms with E-state index in [2.05, 4.69) is 154 Å². The summed E-state index contributed by atoms with van der Waals surface area (Å²) in [6.07, 6.45) is 94.8. The van der Waals surface area contributed by atoms with Crippen molar-refractivity contribution in [2.45, 2.75) is 303 Å². The van der Waals surface area contributed by atoms with Crippen LogP contribution in [0.3, 0.4) is 0 Å². The van der Waals surface area contributed by atoms with Crippen LogP contribution in [-0.2, 0) is 28.6 Å². The lowest BCUT2D eigenvalue weighted by molar-refractivity contribution is -0.167. The highest BCUT2D eigenvalue weighted by Gasteiger charge is 2.19. The Morgan fingerprint density at radius 2 is 0.487 bits per heavy atom. The van der Waals surface area contributed by atoms with Gasteiger partial charge in [-0.25, -0.2) is 0 Å². The Morgan fingerprint density at radius 1 is 0.263 bits per heavy atom. The number of carbonyl (C=O) groups is 3. The molecule has 0 aliphatic rings. The molecule has 6 nitrogen and oxygen atoms in total. The van der Waals surface area contributed by atoms with Crippen LogP contribution in [0, 0.1) is 0 Å². The van der Waals surface area contributed by atoms with Gasteiger partial charge < -0.3 is 14.2 Å². The summed E-state index contributed by atoms with van der Waals surface area (Å²) in [7, 11) is 0. The summed E-state index contributed by atoms with van der Waals surface area (Å²) in [6.45, 7) is 6.38. The molecule has 80 heavy (non-hydrogen) atoms. The molecule has 1 unspecified atom stereocenters. The highest BCUT2D eigenvalue weighted by atomic mass is 16.6. The molecule has 0 radical (unpaired) electrons. The lowest BCUT2D eigenvalue weighted by Gasteiger charge is -2.18. The van der Waals surface area contributed by atoms with Gasteiger partial charge in [0.1, 0.15) is 13.2 Å². The van der Waals surface area contributed by atoms with Crippen molar-refractivity contribution in [2.24, 2.45) is 0 Å². The molecule has 0 aliphatic carbocycles. The van der Waals surface area contributed by atoms with Gasteiger partial charge in [-0.2, -0.15) is 0 Å². The van der Waals surface area contributed by atoms with Gasteiger partial charge in [-0.3, -0.25) is 14.4 Å². The molecule has 0 fully saturated rings. The van der Waals surface area contributed by atoms with E-state index in [4.69, 9.17) is 14.2 Å². The molecule has 0 aliphatic heterocycles. The molecule has 0 spiro atoms. The lowest BCUT2D eigenvalue weighted by Crippen LogP contribution is -2.30. The first-order valence-electron chi connectivity index (χ1n) is 33.2. The van der Waals surface area contributed by atoms with Gasteiger partial charge in [-0.15, -0.1) is 0 Å². The summed E-state index contributed by atoms with van der Waals surface area (Å²) in [5, 5.41) is 0. The van der Waals surface area contributed by atoms with Gasteiger partial charge in [0.2, 0.25) is 0 Å². The number of carbonyl (C=O) groups excluding carboxylic acids is 3. The molecule has 6 heteroatoms. The fourth-order valence-corrected chi connectivity index (χ4v) is 9.00. The van der Waals surface area contributed by atoms with Crippen LogP contribution in [0.2, 0.25) is 0 Å². The van der Waals surface area contributed by atoms with Gasteiger partial charge in [0.25, 0.3) is 0 Å². The normalized spacial score (nSPS) is 13.0. The molecule has 0 aromatic carbocycles. The predicted molar refractivity (Wildman–Crippen MR) is 348 cm³/mol. The van der Waals surface area contributed by atoms with Crippen LogP contribution >= 0.6 is 0 Å². The average molecular weight is 1110 g/mol. The van der Waals surface area contributed by atoms with E-state index in [1.807, 2.05) is 0 Å². The Hall–Kier alpha value is -4.45. The second-order valence-corrected chi connectivity index (χ2v) is 21.6. The molecule has 0 bridgehead atoms. The molecule has 0 amide bonds. The SMILES string of the molecule is CC/C=C\C/C=C\C/C=C\C/C=C\C/C=C\C/C=C\CCCCCCCCCCCCCCCCC(=O)OCC(COC(=O)CCCCCCCCCCCC)OC(=O)CCCCC/C=C\C/C=C\C/C=C\C/C=C\C/C=C\CC. The number of unbranched alkanes of at least 4 members (excludes halogenated alkanes) is 26. The number of ether oxygens (including phenoxy) is 3.